The van der Waals surface area contributed by atoms with Crippen LogP contribution in [0.3, 0.4) is 0 Å². The molecular formula is C18H23NO7. The van der Waals surface area contributed by atoms with Crippen LogP contribution in [-0.2, 0) is 19.1 Å². The van der Waals surface area contributed by atoms with E-state index in [4.69, 9.17) is 24.1 Å². The lowest BCUT2D eigenvalue weighted by molar-refractivity contribution is -0.132. The van der Waals surface area contributed by atoms with Crippen molar-refractivity contribution < 1.29 is 33.6 Å². The molecular weight excluding hydrogens is 342 g/mol. The van der Waals surface area contributed by atoms with Gasteiger partial charge in [-0.15, -0.1) is 0 Å². The van der Waals surface area contributed by atoms with E-state index in [0.717, 1.165) is 12.2 Å². The Morgan fingerprint density at radius 3 is 1.88 bits per heavy atom. The molecule has 2 rings (SSSR count). The highest BCUT2D eigenvalue weighted by atomic mass is 16.6. The summed E-state index contributed by atoms with van der Waals surface area (Å²) in [6.07, 6.45) is 1.85. The maximum Gasteiger partial charge on any atom is 0.328 e. The Bertz CT molecular complexity index is 582. The lowest BCUT2D eigenvalue weighted by Gasteiger charge is -2.21. The summed E-state index contributed by atoms with van der Waals surface area (Å²) < 4.78 is 22.3. The molecule has 1 aliphatic heterocycles. The number of amides is 1. The number of para-hydroxylation sites is 2. The molecule has 8 nitrogen and oxygen atoms in total. The van der Waals surface area contributed by atoms with E-state index < -0.39 is 11.9 Å². The zero-order chi connectivity index (χ0) is 18.6. The van der Waals surface area contributed by atoms with Crippen LogP contribution in [0.5, 0.6) is 11.5 Å². The second kappa shape index (κ2) is 11.1. The van der Waals surface area contributed by atoms with Crippen molar-refractivity contribution >= 4 is 11.9 Å². The number of nitrogens with zero attached hydrogens (tertiary/aromatic N) is 1. The third kappa shape index (κ3) is 7.12. The lowest BCUT2D eigenvalue weighted by Crippen LogP contribution is -2.36. The van der Waals surface area contributed by atoms with Crippen molar-refractivity contribution in [3.63, 3.8) is 0 Å². The highest BCUT2D eigenvalue weighted by Crippen LogP contribution is 2.26. The van der Waals surface area contributed by atoms with Gasteiger partial charge in [-0.1, -0.05) is 12.1 Å². The molecule has 0 aromatic heterocycles. The summed E-state index contributed by atoms with van der Waals surface area (Å²) in [6.45, 7) is 2.71. The summed E-state index contributed by atoms with van der Waals surface area (Å²) in [5.41, 5.74) is 0. The fraction of sp³-hybridized carbons (Fsp3) is 0.444. The van der Waals surface area contributed by atoms with Crippen LogP contribution in [0.2, 0.25) is 0 Å². The van der Waals surface area contributed by atoms with Crippen LogP contribution in [0.25, 0.3) is 0 Å². The number of carboxylic acid groups (broad SMARTS) is 1. The normalized spacial score (nSPS) is 17.3. The number of hydrogen-bond acceptors (Lipinski definition) is 6. The standard InChI is InChI=1S/C18H23NO7/c20-17(5-6-18(21)22)19-7-9-23-11-13-25-15-3-1-2-4-16(15)26-14-12-24-10-8-19/h1-6H,7-14H2,(H,21,22)/b6-5+. The minimum Gasteiger partial charge on any atom is -0.487 e. The van der Waals surface area contributed by atoms with Gasteiger partial charge in [-0.05, 0) is 12.1 Å². The summed E-state index contributed by atoms with van der Waals surface area (Å²) >= 11 is 0. The molecule has 0 fully saturated rings. The molecule has 0 saturated heterocycles. The lowest BCUT2D eigenvalue weighted by atomic mass is 10.3. The molecule has 0 radical (unpaired) electrons. The summed E-state index contributed by atoms with van der Waals surface area (Å²) in [4.78, 5) is 24.1. The monoisotopic (exact) mass is 365 g/mol. The summed E-state index contributed by atoms with van der Waals surface area (Å²) in [5.74, 6) is -0.287. The highest BCUT2D eigenvalue weighted by Gasteiger charge is 2.12. The van der Waals surface area contributed by atoms with Crippen molar-refractivity contribution in [2.75, 3.05) is 52.7 Å². The first-order chi connectivity index (χ1) is 12.7. The van der Waals surface area contributed by atoms with E-state index in [2.05, 4.69) is 0 Å². The van der Waals surface area contributed by atoms with Gasteiger partial charge in [0.2, 0.25) is 5.91 Å². The van der Waals surface area contributed by atoms with Gasteiger partial charge in [-0.2, -0.15) is 0 Å². The van der Waals surface area contributed by atoms with E-state index in [1.165, 1.54) is 4.90 Å². The number of aliphatic carboxylic acids is 1. The molecule has 0 bridgehead atoms. The van der Waals surface area contributed by atoms with E-state index in [9.17, 15) is 9.59 Å². The first-order valence-electron chi connectivity index (χ1n) is 8.37. The second-order valence-electron chi connectivity index (χ2n) is 5.37. The summed E-state index contributed by atoms with van der Waals surface area (Å²) in [5, 5.41) is 8.64. The molecule has 1 N–H and O–H groups in total. The van der Waals surface area contributed by atoms with Crippen molar-refractivity contribution in [3.05, 3.63) is 36.4 Å². The SMILES string of the molecule is O=C(O)/C=C/C(=O)N1CCOCCOc2ccccc2OCCOCC1. The molecule has 1 aliphatic rings. The van der Waals surface area contributed by atoms with Gasteiger partial charge < -0.3 is 29.0 Å². The van der Waals surface area contributed by atoms with Gasteiger partial charge in [-0.25, -0.2) is 4.79 Å². The van der Waals surface area contributed by atoms with Gasteiger partial charge in [0, 0.05) is 25.2 Å². The fourth-order valence-electron chi connectivity index (χ4n) is 2.24. The molecule has 0 unspecified atom stereocenters. The number of fused-ring (bicyclic) bond motifs is 1. The predicted molar refractivity (Wildman–Crippen MR) is 92.4 cm³/mol. The summed E-state index contributed by atoms with van der Waals surface area (Å²) in [7, 11) is 0. The van der Waals surface area contributed by atoms with Crippen molar-refractivity contribution in [1.29, 1.82) is 0 Å². The number of carbonyl (C=O) groups is 2. The van der Waals surface area contributed by atoms with Gasteiger partial charge in [-0.3, -0.25) is 4.79 Å². The Labute approximate surface area is 151 Å². The largest absolute Gasteiger partial charge is 0.487 e. The number of carbonyl (C=O) groups excluding carboxylic acids is 1. The molecule has 0 spiro atoms. The molecule has 0 aliphatic carbocycles. The molecule has 26 heavy (non-hydrogen) atoms. The van der Waals surface area contributed by atoms with E-state index in [1.807, 2.05) is 24.3 Å². The Kier molecular flexibility index (Phi) is 8.44. The number of rotatable bonds is 2. The first-order valence-corrected chi connectivity index (χ1v) is 8.37. The van der Waals surface area contributed by atoms with Crippen molar-refractivity contribution in [1.82, 2.24) is 4.90 Å². The highest BCUT2D eigenvalue weighted by molar-refractivity contribution is 5.93. The smallest absolute Gasteiger partial charge is 0.328 e. The number of hydrogen-bond donors (Lipinski definition) is 1. The predicted octanol–water partition coefficient (Wildman–Crippen LogP) is 0.960. The van der Waals surface area contributed by atoms with Gasteiger partial charge in [0.25, 0.3) is 0 Å². The van der Waals surface area contributed by atoms with Crippen LogP contribution in [-0.4, -0.2) is 74.6 Å². The first kappa shape index (κ1) is 19.7. The second-order valence-corrected chi connectivity index (χ2v) is 5.37. The molecule has 1 heterocycles. The average Bonchev–Trinajstić information content (AvgIpc) is 2.64. The molecule has 1 aromatic carbocycles. The third-order valence-corrected chi connectivity index (χ3v) is 3.51. The Morgan fingerprint density at radius 2 is 1.38 bits per heavy atom. The summed E-state index contributed by atoms with van der Waals surface area (Å²) in [6, 6.07) is 7.37. The van der Waals surface area contributed by atoms with Crippen LogP contribution in [0, 0.1) is 0 Å². The maximum atomic E-state index is 12.1. The van der Waals surface area contributed by atoms with Crippen LogP contribution in [0.1, 0.15) is 0 Å². The number of carboxylic acids is 1. The third-order valence-electron chi connectivity index (χ3n) is 3.51. The molecule has 0 atom stereocenters. The van der Waals surface area contributed by atoms with Gasteiger partial charge in [0.05, 0.1) is 26.4 Å². The van der Waals surface area contributed by atoms with Crippen LogP contribution >= 0.6 is 0 Å². The molecule has 1 amide bonds. The molecule has 142 valence electrons. The van der Waals surface area contributed by atoms with Crippen LogP contribution in [0.4, 0.5) is 0 Å². The number of benzene rings is 1. The Hall–Kier alpha value is -2.58. The minimum atomic E-state index is -1.17. The van der Waals surface area contributed by atoms with Crippen molar-refractivity contribution in [2.45, 2.75) is 0 Å². The van der Waals surface area contributed by atoms with E-state index in [0.29, 0.717) is 64.2 Å². The quantitative estimate of drug-likeness (QED) is 0.780. The van der Waals surface area contributed by atoms with Crippen LogP contribution < -0.4 is 9.47 Å². The zero-order valence-electron chi connectivity index (χ0n) is 14.5. The van der Waals surface area contributed by atoms with E-state index in [1.54, 1.807) is 0 Å². The Balaban J connectivity index is 1.91. The molecule has 1 aromatic rings. The minimum absolute atomic E-state index is 0.314. The zero-order valence-corrected chi connectivity index (χ0v) is 14.5. The molecule has 0 saturated carbocycles. The average molecular weight is 365 g/mol. The maximum absolute atomic E-state index is 12.1. The van der Waals surface area contributed by atoms with E-state index >= 15 is 0 Å². The van der Waals surface area contributed by atoms with Gasteiger partial charge >= 0.3 is 5.97 Å². The van der Waals surface area contributed by atoms with Crippen molar-refractivity contribution in [3.8, 4) is 11.5 Å². The van der Waals surface area contributed by atoms with E-state index in [-0.39, 0.29) is 0 Å². The number of ether oxygens (including phenoxy) is 4. The fourth-order valence-corrected chi connectivity index (χ4v) is 2.24. The van der Waals surface area contributed by atoms with Gasteiger partial charge in [0.1, 0.15) is 13.2 Å². The van der Waals surface area contributed by atoms with Gasteiger partial charge in [0.15, 0.2) is 11.5 Å². The molecule has 8 heteroatoms. The Morgan fingerprint density at radius 1 is 0.846 bits per heavy atom. The topological polar surface area (TPSA) is 94.5 Å². The van der Waals surface area contributed by atoms with Crippen molar-refractivity contribution in [2.24, 2.45) is 0 Å². The van der Waals surface area contributed by atoms with Crippen LogP contribution in [0.15, 0.2) is 36.4 Å².